The number of alkyl halides is 2. The molecule has 0 saturated heterocycles. The van der Waals surface area contributed by atoms with E-state index in [-0.39, 0.29) is 5.75 Å². The van der Waals surface area contributed by atoms with Crippen molar-refractivity contribution in [3.05, 3.63) is 23.8 Å². The SMILES string of the molecule is COc1cc(C(C)O)ccc1OCC(F)F. The van der Waals surface area contributed by atoms with Gasteiger partial charge in [0.15, 0.2) is 11.5 Å². The predicted molar refractivity (Wildman–Crippen MR) is 55.1 cm³/mol. The summed E-state index contributed by atoms with van der Waals surface area (Å²) in [4.78, 5) is 0. The van der Waals surface area contributed by atoms with E-state index in [2.05, 4.69) is 0 Å². The lowest BCUT2D eigenvalue weighted by atomic mass is 10.1. The van der Waals surface area contributed by atoms with Gasteiger partial charge in [-0.3, -0.25) is 0 Å². The molecular formula is C11H14F2O3. The second-order valence-corrected chi connectivity index (χ2v) is 3.29. The molecule has 3 nitrogen and oxygen atoms in total. The summed E-state index contributed by atoms with van der Waals surface area (Å²) in [6.07, 6.45) is -3.17. The first-order valence-corrected chi connectivity index (χ1v) is 4.81. The second kappa shape index (κ2) is 5.65. The average Bonchev–Trinajstić information content (AvgIpc) is 2.25. The second-order valence-electron chi connectivity index (χ2n) is 3.29. The van der Waals surface area contributed by atoms with Crippen LogP contribution in [-0.2, 0) is 0 Å². The molecule has 5 heteroatoms. The van der Waals surface area contributed by atoms with E-state index in [1.165, 1.54) is 13.2 Å². The van der Waals surface area contributed by atoms with Gasteiger partial charge in [-0.2, -0.15) is 0 Å². The Morgan fingerprint density at radius 3 is 2.50 bits per heavy atom. The van der Waals surface area contributed by atoms with Crippen molar-refractivity contribution in [3.63, 3.8) is 0 Å². The van der Waals surface area contributed by atoms with Gasteiger partial charge in [-0.1, -0.05) is 6.07 Å². The molecule has 1 aromatic rings. The van der Waals surface area contributed by atoms with Crippen LogP contribution in [0.15, 0.2) is 18.2 Å². The van der Waals surface area contributed by atoms with Gasteiger partial charge in [0.05, 0.1) is 13.2 Å². The highest BCUT2D eigenvalue weighted by atomic mass is 19.3. The summed E-state index contributed by atoms with van der Waals surface area (Å²) in [7, 11) is 1.41. The fourth-order valence-electron chi connectivity index (χ4n) is 1.22. The first-order chi connectivity index (χ1) is 7.54. The Kier molecular flexibility index (Phi) is 4.49. The van der Waals surface area contributed by atoms with Crippen LogP contribution in [-0.4, -0.2) is 25.2 Å². The molecule has 0 bridgehead atoms. The molecule has 0 saturated carbocycles. The topological polar surface area (TPSA) is 38.7 Å². The van der Waals surface area contributed by atoms with Gasteiger partial charge in [0, 0.05) is 0 Å². The summed E-state index contributed by atoms with van der Waals surface area (Å²) < 4.78 is 33.8. The molecule has 1 unspecified atom stereocenters. The van der Waals surface area contributed by atoms with Gasteiger partial charge in [-0.05, 0) is 24.6 Å². The van der Waals surface area contributed by atoms with Crippen LogP contribution in [0.1, 0.15) is 18.6 Å². The van der Waals surface area contributed by atoms with E-state index < -0.39 is 19.1 Å². The van der Waals surface area contributed by atoms with Gasteiger partial charge in [0.2, 0.25) is 0 Å². The highest BCUT2D eigenvalue weighted by Gasteiger charge is 2.10. The largest absolute Gasteiger partial charge is 0.493 e. The van der Waals surface area contributed by atoms with E-state index in [1.807, 2.05) is 0 Å². The maximum atomic E-state index is 12.0. The number of halogens is 2. The number of aliphatic hydroxyl groups is 1. The summed E-state index contributed by atoms with van der Waals surface area (Å²) in [5.74, 6) is 0.575. The van der Waals surface area contributed by atoms with E-state index in [0.717, 1.165) is 0 Å². The van der Waals surface area contributed by atoms with Crippen LogP contribution in [0, 0.1) is 0 Å². The molecule has 0 aromatic heterocycles. The quantitative estimate of drug-likeness (QED) is 0.847. The lowest BCUT2D eigenvalue weighted by molar-refractivity contribution is 0.0803. The van der Waals surface area contributed by atoms with E-state index in [9.17, 15) is 13.9 Å². The fourth-order valence-corrected chi connectivity index (χ4v) is 1.22. The van der Waals surface area contributed by atoms with Crippen molar-refractivity contribution in [1.29, 1.82) is 0 Å². The zero-order valence-electron chi connectivity index (χ0n) is 9.11. The van der Waals surface area contributed by atoms with E-state index >= 15 is 0 Å². The summed E-state index contributed by atoms with van der Waals surface area (Å²) >= 11 is 0. The average molecular weight is 232 g/mol. The van der Waals surface area contributed by atoms with Crippen molar-refractivity contribution in [1.82, 2.24) is 0 Å². The third-order valence-electron chi connectivity index (χ3n) is 2.03. The van der Waals surface area contributed by atoms with Gasteiger partial charge in [-0.15, -0.1) is 0 Å². The number of aliphatic hydroxyl groups excluding tert-OH is 1. The minimum Gasteiger partial charge on any atom is -0.493 e. The van der Waals surface area contributed by atoms with Gasteiger partial charge in [0.1, 0.15) is 6.61 Å². The number of hydrogen-bond acceptors (Lipinski definition) is 3. The summed E-state index contributed by atoms with van der Waals surface area (Å²) in [5, 5.41) is 9.34. The first-order valence-electron chi connectivity index (χ1n) is 4.81. The molecule has 0 heterocycles. The molecule has 0 radical (unpaired) electrons. The minimum atomic E-state index is -2.53. The third-order valence-corrected chi connectivity index (χ3v) is 2.03. The Balaban J connectivity index is 2.84. The molecule has 0 amide bonds. The number of rotatable bonds is 5. The molecule has 0 spiro atoms. The Hall–Kier alpha value is -1.36. The van der Waals surface area contributed by atoms with E-state index in [4.69, 9.17) is 9.47 Å². The van der Waals surface area contributed by atoms with Crippen LogP contribution in [0.5, 0.6) is 11.5 Å². The van der Waals surface area contributed by atoms with Crippen LogP contribution in [0.25, 0.3) is 0 Å². The standard InChI is InChI=1S/C11H14F2O3/c1-7(14)8-3-4-9(10(5-8)15-2)16-6-11(12)13/h3-5,7,11,14H,6H2,1-2H3. The molecular weight excluding hydrogens is 218 g/mol. The number of methoxy groups -OCH3 is 1. The van der Waals surface area contributed by atoms with Crippen molar-refractivity contribution in [2.75, 3.05) is 13.7 Å². The summed E-state index contributed by atoms with van der Waals surface area (Å²) in [5.41, 5.74) is 0.640. The van der Waals surface area contributed by atoms with Crippen molar-refractivity contribution in [3.8, 4) is 11.5 Å². The highest BCUT2D eigenvalue weighted by molar-refractivity contribution is 5.43. The Bertz CT molecular complexity index is 340. The van der Waals surface area contributed by atoms with Crippen molar-refractivity contribution >= 4 is 0 Å². The van der Waals surface area contributed by atoms with Gasteiger partial charge in [-0.25, -0.2) is 8.78 Å². The summed E-state index contributed by atoms with van der Waals surface area (Å²) in [6, 6.07) is 4.67. The van der Waals surface area contributed by atoms with Crippen LogP contribution in [0.4, 0.5) is 8.78 Å². The van der Waals surface area contributed by atoms with E-state index in [0.29, 0.717) is 11.3 Å². The fraction of sp³-hybridized carbons (Fsp3) is 0.455. The van der Waals surface area contributed by atoms with Crippen LogP contribution in [0.3, 0.4) is 0 Å². The molecule has 1 atom stereocenters. The molecule has 1 rings (SSSR count). The smallest absolute Gasteiger partial charge is 0.272 e. The maximum Gasteiger partial charge on any atom is 0.272 e. The third kappa shape index (κ3) is 3.34. The number of hydrogen-bond donors (Lipinski definition) is 1. The molecule has 1 N–H and O–H groups in total. The van der Waals surface area contributed by atoms with Gasteiger partial charge in [0.25, 0.3) is 6.43 Å². The normalized spacial score (nSPS) is 12.6. The zero-order chi connectivity index (χ0) is 12.1. The minimum absolute atomic E-state index is 0.243. The predicted octanol–water partition coefficient (Wildman–Crippen LogP) is 2.39. The van der Waals surface area contributed by atoms with Gasteiger partial charge >= 0.3 is 0 Å². The number of benzene rings is 1. The molecule has 1 aromatic carbocycles. The molecule has 16 heavy (non-hydrogen) atoms. The van der Waals surface area contributed by atoms with Crippen molar-refractivity contribution in [2.45, 2.75) is 19.5 Å². The van der Waals surface area contributed by atoms with Crippen LogP contribution < -0.4 is 9.47 Å². The lowest BCUT2D eigenvalue weighted by Gasteiger charge is -2.12. The van der Waals surface area contributed by atoms with Crippen molar-refractivity contribution in [2.24, 2.45) is 0 Å². The van der Waals surface area contributed by atoms with Crippen LogP contribution >= 0.6 is 0 Å². The maximum absolute atomic E-state index is 12.0. The Morgan fingerprint density at radius 1 is 1.31 bits per heavy atom. The monoisotopic (exact) mass is 232 g/mol. The summed E-state index contributed by atoms with van der Waals surface area (Å²) in [6.45, 7) is 0.929. The van der Waals surface area contributed by atoms with Crippen molar-refractivity contribution < 1.29 is 23.4 Å². The number of ether oxygens (including phenoxy) is 2. The van der Waals surface area contributed by atoms with E-state index in [1.54, 1.807) is 19.1 Å². The lowest BCUT2D eigenvalue weighted by Crippen LogP contribution is -2.08. The van der Waals surface area contributed by atoms with Crippen LogP contribution in [0.2, 0.25) is 0 Å². The molecule has 0 aliphatic rings. The Morgan fingerprint density at radius 2 is 2.00 bits per heavy atom. The zero-order valence-corrected chi connectivity index (χ0v) is 9.11. The Labute approximate surface area is 92.6 Å². The molecule has 0 fully saturated rings. The molecule has 90 valence electrons. The highest BCUT2D eigenvalue weighted by Crippen LogP contribution is 2.30. The first kappa shape index (κ1) is 12.7. The molecule has 0 aliphatic carbocycles. The molecule has 0 aliphatic heterocycles. The van der Waals surface area contributed by atoms with Gasteiger partial charge < -0.3 is 14.6 Å².